The first-order valence-corrected chi connectivity index (χ1v) is 12.0. The van der Waals surface area contributed by atoms with E-state index in [1.165, 1.54) is 5.56 Å². The predicted octanol–water partition coefficient (Wildman–Crippen LogP) is 3.33. The van der Waals surface area contributed by atoms with Crippen LogP contribution in [0.4, 0.5) is 5.82 Å². The van der Waals surface area contributed by atoms with Gasteiger partial charge >= 0.3 is 0 Å². The second-order valence-corrected chi connectivity index (χ2v) is 9.87. The van der Waals surface area contributed by atoms with Crippen molar-refractivity contribution in [1.82, 2.24) is 25.8 Å². The molecule has 2 aliphatic rings. The van der Waals surface area contributed by atoms with Crippen molar-refractivity contribution in [3.05, 3.63) is 47.2 Å². The normalized spacial score (nSPS) is 25.8. The molecule has 4 unspecified atom stereocenters. The number of hydrogen-bond acceptors (Lipinski definition) is 8. The summed E-state index contributed by atoms with van der Waals surface area (Å²) in [6.07, 6.45) is 5.89. The molecule has 5 rings (SSSR count). The van der Waals surface area contributed by atoms with Gasteiger partial charge in [-0.2, -0.15) is 0 Å². The van der Waals surface area contributed by atoms with Crippen LogP contribution in [0, 0.1) is 5.92 Å². The maximum absolute atomic E-state index is 6.30. The molecular formula is C23H30N6OS. The van der Waals surface area contributed by atoms with Crippen molar-refractivity contribution < 1.29 is 4.74 Å². The molecule has 1 aliphatic heterocycles. The lowest BCUT2D eigenvalue weighted by atomic mass is 9.81. The molecular weight excluding hydrogens is 408 g/mol. The molecule has 1 aliphatic carbocycles. The van der Waals surface area contributed by atoms with Gasteiger partial charge in [0.05, 0.1) is 23.3 Å². The van der Waals surface area contributed by atoms with Gasteiger partial charge in [0.2, 0.25) is 0 Å². The first-order valence-electron chi connectivity index (χ1n) is 11.2. The summed E-state index contributed by atoms with van der Waals surface area (Å²) in [7, 11) is 0. The van der Waals surface area contributed by atoms with Crippen LogP contribution in [-0.2, 0) is 17.6 Å². The van der Waals surface area contributed by atoms with Crippen LogP contribution in [0.5, 0.6) is 0 Å². The minimum Gasteiger partial charge on any atom is -0.373 e. The summed E-state index contributed by atoms with van der Waals surface area (Å²) in [6, 6.07) is 11.2. The van der Waals surface area contributed by atoms with Crippen molar-refractivity contribution in [2.45, 2.75) is 63.8 Å². The van der Waals surface area contributed by atoms with Crippen LogP contribution in [0.25, 0.3) is 10.3 Å². The number of aryl methyl sites for hydroxylation is 2. The quantitative estimate of drug-likeness (QED) is 0.522. The maximum atomic E-state index is 6.30. The SMILES string of the molecule is CC(C)OC1CC2NNCC2CC1Nc1ncnc2sc(CCc3ccccc3)nc12. The smallest absolute Gasteiger partial charge is 0.157 e. The van der Waals surface area contributed by atoms with Gasteiger partial charge in [-0.05, 0) is 44.6 Å². The van der Waals surface area contributed by atoms with E-state index in [-0.39, 0.29) is 18.2 Å². The topological polar surface area (TPSA) is 84.0 Å². The first-order chi connectivity index (χ1) is 15.2. The summed E-state index contributed by atoms with van der Waals surface area (Å²) in [5, 5.41) is 4.79. The lowest BCUT2D eigenvalue weighted by molar-refractivity contribution is -0.0304. The van der Waals surface area contributed by atoms with Crippen LogP contribution in [0.15, 0.2) is 36.7 Å². The highest BCUT2D eigenvalue weighted by atomic mass is 32.1. The Labute approximate surface area is 187 Å². The van der Waals surface area contributed by atoms with Gasteiger partial charge in [0.1, 0.15) is 16.7 Å². The molecule has 0 bridgehead atoms. The lowest BCUT2D eigenvalue weighted by Crippen LogP contribution is -2.49. The number of hydrogen-bond donors (Lipinski definition) is 3. The minimum absolute atomic E-state index is 0.134. The number of fused-ring (bicyclic) bond motifs is 2. The van der Waals surface area contributed by atoms with Crippen molar-refractivity contribution >= 4 is 27.5 Å². The number of ether oxygens (including phenoxy) is 1. The summed E-state index contributed by atoms with van der Waals surface area (Å²) >= 11 is 1.67. The van der Waals surface area contributed by atoms with E-state index in [9.17, 15) is 0 Å². The highest BCUT2D eigenvalue weighted by Gasteiger charge is 2.40. The molecule has 8 heteroatoms. The van der Waals surface area contributed by atoms with E-state index in [2.05, 4.69) is 70.3 Å². The third-order valence-electron chi connectivity index (χ3n) is 6.19. The van der Waals surface area contributed by atoms with Crippen molar-refractivity contribution in [1.29, 1.82) is 0 Å². The molecule has 31 heavy (non-hydrogen) atoms. The summed E-state index contributed by atoms with van der Waals surface area (Å²) < 4.78 is 6.30. The third-order valence-corrected chi connectivity index (χ3v) is 7.21. The van der Waals surface area contributed by atoms with Gasteiger partial charge in [0.15, 0.2) is 5.82 Å². The molecule has 3 N–H and O–H groups in total. The molecule has 2 fully saturated rings. The van der Waals surface area contributed by atoms with Gasteiger partial charge in [0, 0.05) is 19.0 Å². The van der Waals surface area contributed by atoms with Crippen molar-refractivity contribution in [2.75, 3.05) is 11.9 Å². The van der Waals surface area contributed by atoms with Gasteiger partial charge in [-0.3, -0.25) is 10.9 Å². The average molecular weight is 439 g/mol. The van der Waals surface area contributed by atoms with Gasteiger partial charge < -0.3 is 10.1 Å². The minimum atomic E-state index is 0.134. The molecule has 7 nitrogen and oxygen atoms in total. The number of nitrogens with zero attached hydrogens (tertiary/aromatic N) is 3. The van der Waals surface area contributed by atoms with E-state index in [4.69, 9.17) is 9.72 Å². The highest BCUT2D eigenvalue weighted by molar-refractivity contribution is 7.18. The second-order valence-electron chi connectivity index (χ2n) is 8.81. The Hall–Kier alpha value is -2.13. The summed E-state index contributed by atoms with van der Waals surface area (Å²) in [6.45, 7) is 5.20. The Morgan fingerprint density at radius 1 is 1.16 bits per heavy atom. The number of benzene rings is 1. The van der Waals surface area contributed by atoms with Crippen LogP contribution in [-0.4, -0.2) is 45.8 Å². The Kier molecular flexibility index (Phi) is 6.13. The molecule has 1 saturated heterocycles. The van der Waals surface area contributed by atoms with E-state index >= 15 is 0 Å². The molecule has 3 aromatic rings. The molecule has 0 spiro atoms. The van der Waals surface area contributed by atoms with E-state index in [0.717, 1.165) is 53.4 Å². The van der Waals surface area contributed by atoms with E-state index in [1.807, 2.05) is 0 Å². The Bertz CT molecular complexity index is 1010. The largest absolute Gasteiger partial charge is 0.373 e. The molecule has 0 amide bonds. The van der Waals surface area contributed by atoms with Crippen LogP contribution < -0.4 is 16.2 Å². The van der Waals surface area contributed by atoms with Crippen LogP contribution in [0.3, 0.4) is 0 Å². The standard InChI is InChI=1S/C23H30N6OS/c1-14(2)30-19-11-17-16(12-26-29-17)10-18(19)27-22-21-23(25-13-24-22)31-20(28-21)9-8-15-6-4-3-5-7-15/h3-7,13-14,16-19,26,29H,8-12H2,1-2H3,(H,24,25,27). The number of anilines is 1. The van der Waals surface area contributed by atoms with Gasteiger partial charge in [0.25, 0.3) is 0 Å². The third kappa shape index (κ3) is 4.72. The molecule has 3 heterocycles. The predicted molar refractivity (Wildman–Crippen MR) is 124 cm³/mol. The molecule has 164 valence electrons. The van der Waals surface area contributed by atoms with Crippen LogP contribution in [0.1, 0.15) is 37.3 Å². The molecule has 1 aromatic carbocycles. The van der Waals surface area contributed by atoms with Gasteiger partial charge in [-0.1, -0.05) is 41.7 Å². The molecule has 4 atom stereocenters. The number of thiazole rings is 1. The first kappa shape index (κ1) is 20.8. The van der Waals surface area contributed by atoms with Crippen molar-refractivity contribution in [3.63, 3.8) is 0 Å². The number of rotatable bonds is 7. The number of aromatic nitrogens is 3. The fourth-order valence-corrected chi connectivity index (χ4v) is 5.61. The van der Waals surface area contributed by atoms with E-state index in [0.29, 0.717) is 12.0 Å². The van der Waals surface area contributed by atoms with Gasteiger partial charge in [-0.15, -0.1) is 0 Å². The Balaban J connectivity index is 1.34. The van der Waals surface area contributed by atoms with Crippen molar-refractivity contribution in [3.8, 4) is 0 Å². The van der Waals surface area contributed by atoms with E-state index < -0.39 is 0 Å². The van der Waals surface area contributed by atoms with E-state index in [1.54, 1.807) is 17.7 Å². The second kappa shape index (κ2) is 9.16. The maximum Gasteiger partial charge on any atom is 0.157 e. The Morgan fingerprint density at radius 2 is 2.03 bits per heavy atom. The summed E-state index contributed by atoms with van der Waals surface area (Å²) in [5.41, 5.74) is 8.93. The number of hydrazine groups is 1. The zero-order chi connectivity index (χ0) is 21.2. The highest BCUT2D eigenvalue weighted by Crippen LogP contribution is 2.33. The molecule has 0 radical (unpaired) electrons. The fourth-order valence-electron chi connectivity index (χ4n) is 4.71. The Morgan fingerprint density at radius 3 is 2.87 bits per heavy atom. The number of nitrogens with one attached hydrogen (secondary N) is 3. The zero-order valence-corrected chi connectivity index (χ0v) is 18.9. The summed E-state index contributed by atoms with van der Waals surface area (Å²) in [5.74, 6) is 1.42. The zero-order valence-electron chi connectivity index (χ0n) is 18.0. The summed E-state index contributed by atoms with van der Waals surface area (Å²) in [4.78, 5) is 14.9. The lowest BCUT2D eigenvalue weighted by Gasteiger charge is -2.39. The van der Waals surface area contributed by atoms with Crippen LogP contribution >= 0.6 is 11.3 Å². The van der Waals surface area contributed by atoms with Gasteiger partial charge in [-0.25, -0.2) is 15.0 Å². The average Bonchev–Trinajstić information content (AvgIpc) is 3.39. The molecule has 1 saturated carbocycles. The van der Waals surface area contributed by atoms with Crippen molar-refractivity contribution in [2.24, 2.45) is 5.92 Å². The molecule has 2 aromatic heterocycles. The van der Waals surface area contributed by atoms with Crippen LogP contribution in [0.2, 0.25) is 0 Å². The monoisotopic (exact) mass is 438 g/mol. The fraction of sp³-hybridized carbons (Fsp3) is 0.522.